The zero-order chi connectivity index (χ0) is 19.1. The first-order valence-electron chi connectivity index (χ1n) is 9.23. The van der Waals surface area contributed by atoms with Gasteiger partial charge in [0.25, 0.3) is 0 Å². The molecule has 3 rings (SSSR count). The summed E-state index contributed by atoms with van der Waals surface area (Å²) in [6.45, 7) is 4.61. The van der Waals surface area contributed by atoms with E-state index in [-0.39, 0.29) is 36.4 Å². The lowest BCUT2D eigenvalue weighted by molar-refractivity contribution is 0.181. The summed E-state index contributed by atoms with van der Waals surface area (Å²) in [6.07, 6.45) is 0. The molecule has 2 aromatic carbocycles. The molecular formula is C21H28FIN4O. The van der Waals surface area contributed by atoms with Crippen molar-refractivity contribution in [1.82, 2.24) is 10.2 Å². The van der Waals surface area contributed by atoms with Crippen LogP contribution in [0.3, 0.4) is 0 Å². The summed E-state index contributed by atoms with van der Waals surface area (Å²) in [5.41, 5.74) is 2.84. The molecule has 0 unspecified atom stereocenters. The highest BCUT2D eigenvalue weighted by Gasteiger charge is 2.19. The molecule has 0 atom stereocenters. The van der Waals surface area contributed by atoms with Gasteiger partial charge in [-0.05, 0) is 29.8 Å². The Balaban J connectivity index is 0.00000280. The van der Waals surface area contributed by atoms with Crippen molar-refractivity contribution in [3.63, 3.8) is 0 Å². The first-order chi connectivity index (χ1) is 13.2. The molecule has 0 spiro atoms. The number of nitrogens with one attached hydrogen (secondary N) is 1. The van der Waals surface area contributed by atoms with E-state index in [1.54, 1.807) is 20.2 Å². The van der Waals surface area contributed by atoms with Crippen LogP contribution in [-0.4, -0.2) is 51.2 Å². The van der Waals surface area contributed by atoms with Gasteiger partial charge in [0, 0.05) is 58.1 Å². The van der Waals surface area contributed by atoms with Crippen LogP contribution in [0.5, 0.6) is 0 Å². The number of nitrogens with zero attached hydrogens (tertiary/aromatic N) is 3. The first kappa shape index (κ1) is 22.4. The number of methoxy groups -OCH3 is 1. The maximum Gasteiger partial charge on any atom is 0.194 e. The number of rotatable bonds is 5. The van der Waals surface area contributed by atoms with E-state index in [0.29, 0.717) is 12.1 Å². The van der Waals surface area contributed by atoms with Crippen molar-refractivity contribution in [2.45, 2.75) is 13.2 Å². The number of ether oxygens (including phenoxy) is 1. The lowest BCUT2D eigenvalue weighted by Gasteiger charge is -2.37. The van der Waals surface area contributed by atoms with Crippen LogP contribution in [0, 0.1) is 5.82 Å². The van der Waals surface area contributed by atoms with E-state index in [4.69, 9.17) is 4.74 Å². The second-order valence-corrected chi connectivity index (χ2v) is 6.57. The van der Waals surface area contributed by atoms with Crippen molar-refractivity contribution in [1.29, 1.82) is 0 Å². The largest absolute Gasteiger partial charge is 0.380 e. The zero-order valence-corrected chi connectivity index (χ0v) is 18.7. The molecule has 0 amide bonds. The van der Waals surface area contributed by atoms with Gasteiger partial charge in [-0.15, -0.1) is 24.0 Å². The van der Waals surface area contributed by atoms with Gasteiger partial charge >= 0.3 is 0 Å². The minimum atomic E-state index is -0.234. The number of para-hydroxylation sites is 1. The molecule has 7 heteroatoms. The summed E-state index contributed by atoms with van der Waals surface area (Å²) >= 11 is 0. The van der Waals surface area contributed by atoms with Gasteiger partial charge in [0.05, 0.1) is 6.61 Å². The Morgan fingerprint density at radius 2 is 1.82 bits per heavy atom. The number of aliphatic imine (C=N–C) groups is 1. The van der Waals surface area contributed by atoms with Crippen molar-refractivity contribution in [2.75, 3.05) is 45.2 Å². The van der Waals surface area contributed by atoms with Crippen LogP contribution in [0.2, 0.25) is 0 Å². The predicted octanol–water partition coefficient (Wildman–Crippen LogP) is 3.49. The average molecular weight is 498 g/mol. The lowest BCUT2D eigenvalue weighted by Crippen LogP contribution is -2.52. The van der Waals surface area contributed by atoms with Gasteiger partial charge < -0.3 is 19.9 Å². The normalized spacial score (nSPS) is 14.6. The topological polar surface area (TPSA) is 40.1 Å². The van der Waals surface area contributed by atoms with Crippen molar-refractivity contribution >= 4 is 35.6 Å². The highest BCUT2D eigenvalue weighted by Crippen LogP contribution is 2.16. The molecule has 0 aliphatic carbocycles. The Labute approximate surface area is 183 Å². The molecule has 28 heavy (non-hydrogen) atoms. The molecule has 1 N–H and O–H groups in total. The third kappa shape index (κ3) is 5.81. The van der Waals surface area contributed by atoms with Gasteiger partial charge in [-0.25, -0.2) is 4.39 Å². The minimum absolute atomic E-state index is 0. The van der Waals surface area contributed by atoms with Gasteiger partial charge in [-0.3, -0.25) is 4.99 Å². The summed E-state index contributed by atoms with van der Waals surface area (Å²) in [5, 5.41) is 3.39. The van der Waals surface area contributed by atoms with E-state index < -0.39 is 0 Å². The third-order valence-electron chi connectivity index (χ3n) is 4.77. The van der Waals surface area contributed by atoms with Crippen LogP contribution in [0.15, 0.2) is 53.5 Å². The van der Waals surface area contributed by atoms with Gasteiger partial charge in [0.2, 0.25) is 0 Å². The number of guanidine groups is 1. The van der Waals surface area contributed by atoms with E-state index in [1.165, 1.54) is 11.8 Å². The molecule has 1 fully saturated rings. The smallest absolute Gasteiger partial charge is 0.194 e. The maximum absolute atomic E-state index is 13.8. The molecule has 5 nitrogen and oxygen atoms in total. The van der Waals surface area contributed by atoms with Gasteiger partial charge in [-0.2, -0.15) is 0 Å². The minimum Gasteiger partial charge on any atom is -0.380 e. The fourth-order valence-corrected chi connectivity index (χ4v) is 3.33. The number of piperazine rings is 1. The average Bonchev–Trinajstić information content (AvgIpc) is 2.72. The van der Waals surface area contributed by atoms with E-state index in [2.05, 4.69) is 44.4 Å². The Bertz CT molecular complexity index is 764. The highest BCUT2D eigenvalue weighted by molar-refractivity contribution is 14.0. The number of anilines is 1. The molecule has 0 radical (unpaired) electrons. The van der Waals surface area contributed by atoms with Crippen LogP contribution >= 0.6 is 24.0 Å². The summed E-state index contributed by atoms with van der Waals surface area (Å²) in [6, 6.07) is 15.6. The second-order valence-electron chi connectivity index (χ2n) is 6.57. The van der Waals surface area contributed by atoms with Crippen molar-refractivity contribution in [3.8, 4) is 0 Å². The first-order valence-corrected chi connectivity index (χ1v) is 9.23. The van der Waals surface area contributed by atoms with Crippen LogP contribution in [0.1, 0.15) is 11.1 Å². The molecule has 0 bridgehead atoms. The number of benzene rings is 2. The predicted molar refractivity (Wildman–Crippen MR) is 123 cm³/mol. The van der Waals surface area contributed by atoms with Crippen LogP contribution in [0.4, 0.5) is 10.1 Å². The molecule has 1 aliphatic heterocycles. The van der Waals surface area contributed by atoms with E-state index in [0.717, 1.165) is 37.7 Å². The maximum atomic E-state index is 13.8. The number of halogens is 2. The standard InChI is InChI=1S/C21H27FN4O.HI/c1-23-21(24-15-17-8-9-20(22)18(14-17)16-27-2)26-12-10-25(11-13-26)19-6-4-3-5-7-19;/h3-9,14H,10-13,15-16H2,1-2H3,(H,23,24);1H. The second kappa shape index (κ2) is 11.2. The Kier molecular flexibility index (Phi) is 8.98. The number of hydrogen-bond acceptors (Lipinski definition) is 3. The Hall–Kier alpha value is -1.87. The Morgan fingerprint density at radius 3 is 2.46 bits per heavy atom. The van der Waals surface area contributed by atoms with Gasteiger partial charge in [-0.1, -0.05) is 24.3 Å². The third-order valence-corrected chi connectivity index (χ3v) is 4.77. The summed E-state index contributed by atoms with van der Waals surface area (Å²) in [5.74, 6) is 0.641. The SMILES string of the molecule is CN=C(NCc1ccc(F)c(COC)c1)N1CCN(c2ccccc2)CC1.I. The lowest BCUT2D eigenvalue weighted by atomic mass is 10.1. The van der Waals surface area contributed by atoms with E-state index in [9.17, 15) is 4.39 Å². The van der Waals surface area contributed by atoms with Crippen molar-refractivity contribution in [2.24, 2.45) is 4.99 Å². The quantitative estimate of drug-likeness (QED) is 0.390. The summed E-state index contributed by atoms with van der Waals surface area (Å²) < 4.78 is 18.8. The molecular weight excluding hydrogens is 470 g/mol. The molecule has 2 aromatic rings. The molecule has 0 aromatic heterocycles. The molecule has 1 saturated heterocycles. The van der Waals surface area contributed by atoms with Crippen LogP contribution < -0.4 is 10.2 Å². The molecule has 0 saturated carbocycles. The summed E-state index contributed by atoms with van der Waals surface area (Å²) in [4.78, 5) is 9.07. The zero-order valence-electron chi connectivity index (χ0n) is 16.4. The molecule has 1 heterocycles. The van der Waals surface area contributed by atoms with Crippen molar-refractivity contribution < 1.29 is 9.13 Å². The monoisotopic (exact) mass is 498 g/mol. The fourth-order valence-electron chi connectivity index (χ4n) is 3.33. The van der Waals surface area contributed by atoms with Crippen molar-refractivity contribution in [3.05, 3.63) is 65.5 Å². The van der Waals surface area contributed by atoms with Gasteiger partial charge in [0.1, 0.15) is 5.82 Å². The summed E-state index contributed by atoms with van der Waals surface area (Å²) in [7, 11) is 3.37. The van der Waals surface area contributed by atoms with Crippen LogP contribution in [0.25, 0.3) is 0 Å². The Morgan fingerprint density at radius 1 is 1.11 bits per heavy atom. The van der Waals surface area contributed by atoms with Gasteiger partial charge in [0.15, 0.2) is 5.96 Å². The molecule has 152 valence electrons. The van der Waals surface area contributed by atoms with E-state index >= 15 is 0 Å². The fraction of sp³-hybridized carbons (Fsp3) is 0.381. The number of hydrogen-bond donors (Lipinski definition) is 1. The molecule has 1 aliphatic rings. The van der Waals surface area contributed by atoms with Crippen LogP contribution in [-0.2, 0) is 17.9 Å². The highest BCUT2D eigenvalue weighted by atomic mass is 127. The van der Waals surface area contributed by atoms with E-state index in [1.807, 2.05) is 12.1 Å².